The van der Waals surface area contributed by atoms with Crippen LogP contribution in [0.15, 0.2) is 30.3 Å². The Morgan fingerprint density at radius 1 is 1.35 bits per heavy atom. The SMILES string of the molecule is Cc1cc(C)n(-c2ccccc2NC(=O)CCCN)n1. The summed E-state index contributed by atoms with van der Waals surface area (Å²) in [6.45, 7) is 4.46. The van der Waals surface area contributed by atoms with Gasteiger partial charge in [-0.2, -0.15) is 5.10 Å². The molecule has 5 nitrogen and oxygen atoms in total. The number of hydrogen-bond donors (Lipinski definition) is 2. The Kier molecular flexibility index (Phi) is 4.53. The van der Waals surface area contributed by atoms with E-state index >= 15 is 0 Å². The maximum atomic E-state index is 11.8. The molecule has 1 aromatic heterocycles. The largest absolute Gasteiger partial charge is 0.330 e. The lowest BCUT2D eigenvalue weighted by Crippen LogP contribution is -2.15. The molecule has 2 aromatic rings. The highest BCUT2D eigenvalue weighted by Gasteiger charge is 2.10. The summed E-state index contributed by atoms with van der Waals surface area (Å²) < 4.78 is 1.84. The minimum absolute atomic E-state index is 0.0237. The number of amides is 1. The monoisotopic (exact) mass is 272 g/mol. The van der Waals surface area contributed by atoms with E-state index < -0.39 is 0 Å². The Morgan fingerprint density at radius 3 is 2.75 bits per heavy atom. The normalized spacial score (nSPS) is 10.6. The van der Waals surface area contributed by atoms with Gasteiger partial charge in [-0.15, -0.1) is 0 Å². The Hall–Kier alpha value is -2.14. The molecule has 3 N–H and O–H groups in total. The molecule has 0 fully saturated rings. The maximum absolute atomic E-state index is 11.8. The number of aromatic nitrogens is 2. The van der Waals surface area contributed by atoms with Crippen LogP contribution in [-0.4, -0.2) is 22.2 Å². The van der Waals surface area contributed by atoms with Gasteiger partial charge in [0.1, 0.15) is 0 Å². The highest BCUT2D eigenvalue weighted by Crippen LogP contribution is 2.21. The molecule has 0 unspecified atom stereocenters. The fourth-order valence-corrected chi connectivity index (χ4v) is 2.11. The van der Waals surface area contributed by atoms with Gasteiger partial charge in [-0.3, -0.25) is 4.79 Å². The first-order chi connectivity index (χ1) is 9.61. The second-order valence-corrected chi connectivity index (χ2v) is 4.80. The summed E-state index contributed by atoms with van der Waals surface area (Å²) >= 11 is 0. The van der Waals surface area contributed by atoms with Gasteiger partial charge < -0.3 is 11.1 Å². The molecule has 0 aliphatic carbocycles. The van der Waals surface area contributed by atoms with E-state index in [9.17, 15) is 4.79 Å². The number of nitrogens with one attached hydrogen (secondary N) is 1. The van der Waals surface area contributed by atoms with Gasteiger partial charge in [0.05, 0.1) is 17.1 Å². The third kappa shape index (κ3) is 3.24. The summed E-state index contributed by atoms with van der Waals surface area (Å²) in [6, 6.07) is 9.66. The summed E-state index contributed by atoms with van der Waals surface area (Å²) in [6.07, 6.45) is 1.12. The number of benzene rings is 1. The van der Waals surface area contributed by atoms with Crippen molar-refractivity contribution in [1.29, 1.82) is 0 Å². The minimum atomic E-state index is -0.0237. The van der Waals surface area contributed by atoms with Crippen LogP contribution in [0.2, 0.25) is 0 Å². The smallest absolute Gasteiger partial charge is 0.224 e. The van der Waals surface area contributed by atoms with Gasteiger partial charge in [0, 0.05) is 12.1 Å². The Labute approximate surface area is 118 Å². The predicted molar refractivity (Wildman–Crippen MR) is 80.0 cm³/mol. The van der Waals surface area contributed by atoms with Crippen LogP contribution >= 0.6 is 0 Å². The van der Waals surface area contributed by atoms with E-state index in [2.05, 4.69) is 10.4 Å². The molecule has 0 bridgehead atoms. The van der Waals surface area contributed by atoms with Gasteiger partial charge in [-0.25, -0.2) is 4.68 Å². The molecular weight excluding hydrogens is 252 g/mol. The van der Waals surface area contributed by atoms with Crippen molar-refractivity contribution >= 4 is 11.6 Å². The molecule has 0 saturated heterocycles. The van der Waals surface area contributed by atoms with Crippen LogP contribution in [0.4, 0.5) is 5.69 Å². The van der Waals surface area contributed by atoms with Crippen molar-refractivity contribution in [1.82, 2.24) is 9.78 Å². The van der Waals surface area contributed by atoms with Crippen LogP contribution in [0.3, 0.4) is 0 Å². The molecular formula is C15H20N4O. The zero-order chi connectivity index (χ0) is 14.5. The molecule has 1 heterocycles. The van der Waals surface area contributed by atoms with Crippen LogP contribution < -0.4 is 11.1 Å². The number of nitrogens with zero attached hydrogens (tertiary/aromatic N) is 2. The Balaban J connectivity index is 2.27. The van der Waals surface area contributed by atoms with Crippen molar-refractivity contribution in [2.75, 3.05) is 11.9 Å². The number of nitrogens with two attached hydrogens (primary N) is 1. The Morgan fingerprint density at radius 2 is 2.10 bits per heavy atom. The van der Waals surface area contributed by atoms with E-state index in [1.165, 1.54) is 0 Å². The molecule has 5 heteroatoms. The molecule has 0 spiro atoms. The molecule has 0 saturated carbocycles. The number of hydrogen-bond acceptors (Lipinski definition) is 3. The van der Waals surface area contributed by atoms with Gasteiger partial charge >= 0.3 is 0 Å². The maximum Gasteiger partial charge on any atom is 0.224 e. The first-order valence-corrected chi connectivity index (χ1v) is 6.74. The van der Waals surface area contributed by atoms with Crippen molar-refractivity contribution in [3.8, 4) is 5.69 Å². The van der Waals surface area contributed by atoms with E-state index in [0.29, 0.717) is 19.4 Å². The highest BCUT2D eigenvalue weighted by atomic mass is 16.1. The lowest BCUT2D eigenvalue weighted by molar-refractivity contribution is -0.116. The second-order valence-electron chi connectivity index (χ2n) is 4.80. The van der Waals surface area contributed by atoms with Gasteiger partial charge in [0.15, 0.2) is 0 Å². The second kappa shape index (κ2) is 6.34. The summed E-state index contributed by atoms with van der Waals surface area (Å²) in [4.78, 5) is 11.8. The van der Waals surface area contributed by atoms with Gasteiger partial charge in [0.25, 0.3) is 0 Å². The quantitative estimate of drug-likeness (QED) is 0.876. The van der Waals surface area contributed by atoms with E-state index in [-0.39, 0.29) is 5.91 Å². The fourth-order valence-electron chi connectivity index (χ4n) is 2.11. The average Bonchev–Trinajstić information content (AvgIpc) is 2.76. The standard InChI is InChI=1S/C15H20N4O/c1-11-10-12(2)19(18-11)14-7-4-3-6-13(14)17-15(20)8-5-9-16/h3-4,6-7,10H,5,8-9,16H2,1-2H3,(H,17,20). The minimum Gasteiger partial charge on any atom is -0.330 e. The number of aryl methyl sites for hydroxylation is 2. The van der Waals surface area contributed by atoms with Crippen LogP contribution in [0.5, 0.6) is 0 Å². The molecule has 20 heavy (non-hydrogen) atoms. The molecule has 1 aromatic carbocycles. The first-order valence-electron chi connectivity index (χ1n) is 6.74. The van der Waals surface area contributed by atoms with Crippen LogP contribution in [0.25, 0.3) is 5.69 Å². The molecule has 2 rings (SSSR count). The highest BCUT2D eigenvalue weighted by molar-refractivity contribution is 5.92. The molecule has 106 valence electrons. The van der Waals surface area contributed by atoms with Crippen molar-refractivity contribution in [3.63, 3.8) is 0 Å². The van der Waals surface area contributed by atoms with Crippen molar-refractivity contribution in [2.45, 2.75) is 26.7 Å². The average molecular weight is 272 g/mol. The van der Waals surface area contributed by atoms with Gasteiger partial charge in [-0.1, -0.05) is 12.1 Å². The van der Waals surface area contributed by atoms with Gasteiger partial charge in [-0.05, 0) is 45.0 Å². The predicted octanol–water partition coefficient (Wildman–Crippen LogP) is 2.17. The number of para-hydroxylation sites is 2. The van der Waals surface area contributed by atoms with Crippen LogP contribution in [0.1, 0.15) is 24.2 Å². The molecule has 0 aliphatic rings. The van der Waals surface area contributed by atoms with E-state index in [4.69, 9.17) is 5.73 Å². The number of anilines is 1. The lowest BCUT2D eigenvalue weighted by atomic mass is 10.2. The van der Waals surface area contributed by atoms with Crippen molar-refractivity contribution in [2.24, 2.45) is 5.73 Å². The summed E-state index contributed by atoms with van der Waals surface area (Å²) in [5.74, 6) is -0.0237. The zero-order valence-corrected chi connectivity index (χ0v) is 11.9. The first kappa shape index (κ1) is 14.3. The third-order valence-electron chi connectivity index (χ3n) is 3.02. The van der Waals surface area contributed by atoms with Crippen LogP contribution in [0, 0.1) is 13.8 Å². The number of carbonyl (C=O) groups excluding carboxylic acids is 1. The lowest BCUT2D eigenvalue weighted by Gasteiger charge is -2.12. The molecule has 0 radical (unpaired) electrons. The fraction of sp³-hybridized carbons (Fsp3) is 0.333. The Bertz CT molecular complexity index is 604. The number of rotatable bonds is 5. The van der Waals surface area contributed by atoms with E-state index in [1.807, 2.05) is 48.9 Å². The summed E-state index contributed by atoms with van der Waals surface area (Å²) in [5, 5.41) is 7.38. The van der Waals surface area contributed by atoms with Crippen molar-refractivity contribution in [3.05, 3.63) is 41.7 Å². The summed E-state index contributed by atoms with van der Waals surface area (Å²) in [5.41, 5.74) is 9.04. The van der Waals surface area contributed by atoms with Crippen molar-refractivity contribution < 1.29 is 4.79 Å². The summed E-state index contributed by atoms with van der Waals surface area (Å²) in [7, 11) is 0. The molecule has 1 amide bonds. The van der Waals surface area contributed by atoms with Crippen LogP contribution in [-0.2, 0) is 4.79 Å². The van der Waals surface area contributed by atoms with E-state index in [0.717, 1.165) is 22.8 Å². The van der Waals surface area contributed by atoms with E-state index in [1.54, 1.807) is 0 Å². The number of carbonyl (C=O) groups is 1. The molecule has 0 aliphatic heterocycles. The van der Waals surface area contributed by atoms with Gasteiger partial charge in [0.2, 0.25) is 5.91 Å². The topological polar surface area (TPSA) is 72.9 Å². The molecule has 0 atom stereocenters. The zero-order valence-electron chi connectivity index (χ0n) is 11.9. The third-order valence-corrected chi connectivity index (χ3v) is 3.02.